The van der Waals surface area contributed by atoms with E-state index in [0.29, 0.717) is 18.3 Å². The number of piperidine rings is 1. The second kappa shape index (κ2) is 8.19. The van der Waals surface area contributed by atoms with E-state index in [0.717, 1.165) is 36.5 Å². The first-order chi connectivity index (χ1) is 15.5. The van der Waals surface area contributed by atoms with Gasteiger partial charge in [0.25, 0.3) is 11.8 Å². The number of ether oxygens (including phenoxy) is 1. The van der Waals surface area contributed by atoms with Crippen molar-refractivity contribution < 1.29 is 23.9 Å². The van der Waals surface area contributed by atoms with Gasteiger partial charge in [-0.2, -0.15) is 5.10 Å². The van der Waals surface area contributed by atoms with E-state index in [1.807, 2.05) is 10.9 Å². The number of nitrogens with one attached hydrogen (secondary N) is 2. The molecule has 0 saturated carbocycles. The van der Waals surface area contributed by atoms with Crippen molar-refractivity contribution in [3.8, 4) is 0 Å². The maximum Gasteiger partial charge on any atom is 0.264 e. The number of hydrogen-bond donors (Lipinski definition) is 2. The molecule has 2 aromatic rings. The Bertz CT molecular complexity index is 1100. The summed E-state index contributed by atoms with van der Waals surface area (Å²) in [6.07, 6.45) is 5.83. The summed E-state index contributed by atoms with van der Waals surface area (Å²) in [5.74, 6) is -2.06. The molecular weight excluding hydrogens is 414 g/mol. The van der Waals surface area contributed by atoms with Gasteiger partial charge in [0.1, 0.15) is 6.04 Å². The van der Waals surface area contributed by atoms with Gasteiger partial charge in [-0.3, -0.25) is 34.1 Å². The molecule has 0 spiro atoms. The van der Waals surface area contributed by atoms with Crippen LogP contribution in [0.2, 0.25) is 0 Å². The molecule has 1 atom stereocenters. The topological polar surface area (TPSA) is 123 Å². The minimum atomic E-state index is -0.981. The van der Waals surface area contributed by atoms with Crippen LogP contribution in [0.1, 0.15) is 58.0 Å². The lowest BCUT2D eigenvalue weighted by molar-refractivity contribution is -0.136. The summed E-state index contributed by atoms with van der Waals surface area (Å²) in [4.78, 5) is 50.7. The first kappa shape index (κ1) is 20.4. The van der Waals surface area contributed by atoms with Gasteiger partial charge in [-0.05, 0) is 31.4 Å². The van der Waals surface area contributed by atoms with Gasteiger partial charge in [0.05, 0.1) is 23.4 Å². The molecular formula is C22H23N5O5. The lowest BCUT2D eigenvalue weighted by Gasteiger charge is -2.27. The number of nitrogens with zero attached hydrogens (tertiary/aromatic N) is 3. The predicted octanol–water partition coefficient (Wildman–Crippen LogP) is 1.25. The van der Waals surface area contributed by atoms with Crippen molar-refractivity contribution in [2.24, 2.45) is 0 Å². The second-order valence-electron chi connectivity index (χ2n) is 8.20. The molecule has 166 valence electrons. The summed E-state index contributed by atoms with van der Waals surface area (Å²) < 4.78 is 7.35. The average molecular weight is 437 g/mol. The fraction of sp³-hybridized carbons (Fsp3) is 0.409. The van der Waals surface area contributed by atoms with Crippen molar-refractivity contribution in [1.82, 2.24) is 20.0 Å². The van der Waals surface area contributed by atoms with Crippen molar-refractivity contribution in [3.63, 3.8) is 0 Å². The third kappa shape index (κ3) is 3.56. The maximum absolute atomic E-state index is 13.1. The Labute approximate surface area is 183 Å². The Balaban J connectivity index is 1.33. The smallest absolute Gasteiger partial charge is 0.264 e. The molecule has 2 N–H and O–H groups in total. The van der Waals surface area contributed by atoms with Gasteiger partial charge in [0, 0.05) is 43.6 Å². The van der Waals surface area contributed by atoms with Crippen molar-refractivity contribution in [2.45, 2.75) is 44.3 Å². The molecule has 0 aliphatic carbocycles. The maximum atomic E-state index is 13.1. The van der Waals surface area contributed by atoms with Gasteiger partial charge in [0.2, 0.25) is 11.8 Å². The van der Waals surface area contributed by atoms with Crippen molar-refractivity contribution >= 4 is 29.3 Å². The number of carbonyl (C=O) groups excluding carboxylic acids is 4. The summed E-state index contributed by atoms with van der Waals surface area (Å²) in [6, 6.07) is 4.35. The van der Waals surface area contributed by atoms with Crippen LogP contribution in [0.15, 0.2) is 30.6 Å². The Morgan fingerprint density at radius 1 is 1.09 bits per heavy atom. The first-order valence-corrected chi connectivity index (χ1v) is 10.7. The number of rotatable bonds is 5. The Morgan fingerprint density at radius 3 is 2.69 bits per heavy atom. The molecule has 4 amide bonds. The van der Waals surface area contributed by atoms with E-state index in [-0.39, 0.29) is 24.0 Å². The molecule has 10 heteroatoms. The Morgan fingerprint density at radius 2 is 1.91 bits per heavy atom. The van der Waals surface area contributed by atoms with Gasteiger partial charge in [-0.25, -0.2) is 0 Å². The van der Waals surface area contributed by atoms with Gasteiger partial charge in [0.15, 0.2) is 0 Å². The molecule has 1 aromatic carbocycles. The summed E-state index contributed by atoms with van der Waals surface area (Å²) in [6.45, 7) is 1.89. The van der Waals surface area contributed by atoms with Gasteiger partial charge in [-0.1, -0.05) is 6.07 Å². The number of amides is 4. The standard InChI is InChI=1S/C22H23N5O5/c28-18-5-4-17(20(29)25-18)27-21(30)15-2-1-3-16(19(15)22(27)31)23-10-13-11-24-26(12-13)14-6-8-32-9-7-14/h1-3,11-12,14,17,23H,4-10H2,(H,25,28,29). The molecule has 2 fully saturated rings. The van der Waals surface area contributed by atoms with Crippen LogP contribution in [0.3, 0.4) is 0 Å². The molecule has 1 aromatic heterocycles. The van der Waals surface area contributed by atoms with Crippen LogP contribution in [0, 0.1) is 0 Å². The monoisotopic (exact) mass is 437 g/mol. The van der Waals surface area contributed by atoms with E-state index >= 15 is 0 Å². The molecule has 3 aliphatic heterocycles. The molecule has 10 nitrogen and oxygen atoms in total. The molecule has 32 heavy (non-hydrogen) atoms. The number of carbonyl (C=O) groups is 4. The summed E-state index contributed by atoms with van der Waals surface area (Å²) >= 11 is 0. The van der Waals surface area contributed by atoms with E-state index in [2.05, 4.69) is 15.7 Å². The van der Waals surface area contributed by atoms with Crippen LogP contribution in [-0.2, 0) is 20.9 Å². The van der Waals surface area contributed by atoms with Crippen molar-refractivity contribution in [3.05, 3.63) is 47.3 Å². The third-order valence-electron chi connectivity index (χ3n) is 6.17. The number of aromatic nitrogens is 2. The third-order valence-corrected chi connectivity index (χ3v) is 6.17. The zero-order valence-corrected chi connectivity index (χ0v) is 17.4. The molecule has 4 heterocycles. The first-order valence-electron chi connectivity index (χ1n) is 10.7. The van der Waals surface area contributed by atoms with Crippen LogP contribution >= 0.6 is 0 Å². The van der Waals surface area contributed by atoms with Crippen LogP contribution in [-0.4, -0.2) is 57.6 Å². The van der Waals surface area contributed by atoms with Crippen molar-refractivity contribution in [1.29, 1.82) is 0 Å². The van der Waals surface area contributed by atoms with E-state index < -0.39 is 29.7 Å². The number of anilines is 1. The average Bonchev–Trinajstić information content (AvgIpc) is 3.37. The largest absolute Gasteiger partial charge is 0.381 e. The van der Waals surface area contributed by atoms with Crippen LogP contribution in [0.4, 0.5) is 5.69 Å². The molecule has 0 bridgehead atoms. The highest BCUT2D eigenvalue weighted by Gasteiger charge is 2.45. The molecule has 0 radical (unpaired) electrons. The quantitative estimate of drug-likeness (QED) is 0.675. The zero-order valence-electron chi connectivity index (χ0n) is 17.4. The number of imide groups is 2. The number of hydrogen-bond acceptors (Lipinski definition) is 7. The van der Waals surface area contributed by atoms with E-state index in [9.17, 15) is 19.2 Å². The summed E-state index contributed by atoms with van der Waals surface area (Å²) in [5, 5.41) is 9.91. The highest BCUT2D eigenvalue weighted by molar-refractivity contribution is 6.25. The minimum Gasteiger partial charge on any atom is -0.381 e. The molecule has 5 rings (SSSR count). The SMILES string of the molecule is O=C1CCC(N2C(=O)c3cccc(NCc4cnn(C5CCOCC5)c4)c3C2=O)C(=O)N1. The molecule has 3 aliphatic rings. The van der Waals surface area contributed by atoms with Crippen LogP contribution in [0.25, 0.3) is 0 Å². The van der Waals surface area contributed by atoms with Gasteiger partial charge in [-0.15, -0.1) is 0 Å². The Hall–Kier alpha value is -3.53. The highest BCUT2D eigenvalue weighted by Crippen LogP contribution is 2.32. The van der Waals surface area contributed by atoms with Crippen molar-refractivity contribution in [2.75, 3.05) is 18.5 Å². The van der Waals surface area contributed by atoms with E-state index in [1.165, 1.54) is 0 Å². The summed E-state index contributed by atoms with van der Waals surface area (Å²) in [7, 11) is 0. The number of fused-ring (bicyclic) bond motifs is 1. The Kier molecular flexibility index (Phi) is 5.22. The second-order valence-corrected chi connectivity index (χ2v) is 8.20. The lowest BCUT2D eigenvalue weighted by Crippen LogP contribution is -2.54. The van der Waals surface area contributed by atoms with E-state index in [1.54, 1.807) is 24.4 Å². The zero-order chi connectivity index (χ0) is 22.2. The highest BCUT2D eigenvalue weighted by atomic mass is 16.5. The van der Waals surface area contributed by atoms with Gasteiger partial charge < -0.3 is 10.1 Å². The number of benzene rings is 1. The fourth-order valence-corrected chi connectivity index (χ4v) is 4.48. The van der Waals surface area contributed by atoms with Crippen LogP contribution < -0.4 is 10.6 Å². The normalized spacial score (nSPS) is 21.6. The molecule has 1 unspecified atom stereocenters. The minimum absolute atomic E-state index is 0.0893. The van der Waals surface area contributed by atoms with Gasteiger partial charge >= 0.3 is 0 Å². The van der Waals surface area contributed by atoms with E-state index in [4.69, 9.17) is 4.74 Å². The van der Waals surface area contributed by atoms with Crippen LogP contribution in [0.5, 0.6) is 0 Å². The fourth-order valence-electron chi connectivity index (χ4n) is 4.48. The summed E-state index contributed by atoms with van der Waals surface area (Å²) in [5.41, 5.74) is 1.98. The lowest BCUT2D eigenvalue weighted by atomic mass is 10.0. The predicted molar refractivity (Wildman–Crippen MR) is 112 cm³/mol. The molecule has 2 saturated heterocycles.